The topological polar surface area (TPSA) is 98.2 Å². The van der Waals surface area contributed by atoms with Gasteiger partial charge in [0.05, 0.1) is 5.69 Å². The third-order valence-electron chi connectivity index (χ3n) is 6.85. The lowest BCUT2D eigenvalue weighted by atomic mass is 9.71. The Morgan fingerprint density at radius 3 is 2.62 bits per heavy atom. The molecule has 0 saturated carbocycles. The van der Waals surface area contributed by atoms with Crippen LogP contribution in [0.2, 0.25) is 0 Å². The summed E-state index contributed by atoms with van der Waals surface area (Å²) < 4.78 is 0. The van der Waals surface area contributed by atoms with Gasteiger partial charge in [0.2, 0.25) is 11.9 Å². The summed E-state index contributed by atoms with van der Waals surface area (Å²) in [6.07, 6.45) is 6.58. The van der Waals surface area contributed by atoms with Gasteiger partial charge in [-0.05, 0) is 50.2 Å². The molecule has 156 valence electrons. The van der Waals surface area contributed by atoms with Crippen LogP contribution in [0.1, 0.15) is 36.2 Å². The van der Waals surface area contributed by atoms with Crippen LogP contribution in [0.5, 0.6) is 0 Å². The molecule has 1 unspecified atom stereocenters. The molecule has 0 radical (unpaired) electrons. The number of aromatic amines is 1. The van der Waals surface area contributed by atoms with Crippen molar-refractivity contribution in [3.63, 3.8) is 0 Å². The Hall–Kier alpha value is -2.48. The number of carbonyl (C=O) groups excluding carboxylic acids is 1. The van der Waals surface area contributed by atoms with Crippen molar-refractivity contribution in [3.8, 4) is 0 Å². The summed E-state index contributed by atoms with van der Waals surface area (Å²) >= 11 is 0. The zero-order chi connectivity index (χ0) is 20.4. The number of rotatable bonds is 5. The van der Waals surface area contributed by atoms with Crippen LogP contribution in [0.3, 0.4) is 0 Å². The highest BCUT2D eigenvalue weighted by Crippen LogP contribution is 2.45. The molecule has 2 aliphatic heterocycles. The molecule has 0 aromatic carbocycles. The molecule has 2 aromatic heterocycles. The molecule has 2 fully saturated rings. The van der Waals surface area contributed by atoms with Crippen molar-refractivity contribution in [3.05, 3.63) is 35.4 Å². The minimum atomic E-state index is 0.0302. The van der Waals surface area contributed by atoms with E-state index in [1.165, 1.54) is 0 Å². The molecular weight excluding hydrogens is 368 g/mol. The summed E-state index contributed by atoms with van der Waals surface area (Å²) in [6, 6.07) is 1.81. The number of piperidine rings is 1. The van der Waals surface area contributed by atoms with Crippen LogP contribution < -0.4 is 4.90 Å². The Kier molecular flexibility index (Phi) is 5.54. The molecule has 8 nitrogen and oxygen atoms in total. The van der Waals surface area contributed by atoms with E-state index in [-0.39, 0.29) is 23.8 Å². The molecule has 0 aliphatic carbocycles. The monoisotopic (exact) mass is 398 g/mol. The Morgan fingerprint density at radius 2 is 2.00 bits per heavy atom. The number of aryl methyl sites for hydroxylation is 2. The predicted octanol–water partition coefficient (Wildman–Crippen LogP) is 1.49. The highest BCUT2D eigenvalue weighted by atomic mass is 16.3. The summed E-state index contributed by atoms with van der Waals surface area (Å²) in [5, 5.41) is 17.2. The number of nitrogens with one attached hydrogen (secondary N) is 1. The molecule has 2 aromatic rings. The van der Waals surface area contributed by atoms with Crippen LogP contribution in [0.4, 0.5) is 5.95 Å². The van der Waals surface area contributed by atoms with E-state index in [0.717, 1.165) is 68.3 Å². The Bertz CT molecular complexity index is 825. The number of H-pyrrole nitrogens is 1. The number of carbonyl (C=O) groups is 1. The van der Waals surface area contributed by atoms with E-state index in [1.54, 1.807) is 12.4 Å². The molecule has 4 rings (SSSR count). The molecule has 2 saturated heterocycles. The van der Waals surface area contributed by atoms with Crippen LogP contribution in [0.15, 0.2) is 18.5 Å². The number of anilines is 1. The van der Waals surface area contributed by atoms with Gasteiger partial charge in [0.15, 0.2) is 0 Å². The van der Waals surface area contributed by atoms with Gasteiger partial charge < -0.3 is 14.9 Å². The number of aliphatic hydroxyl groups is 1. The standard InChI is InChI=1S/C21H30N6O2/c1-15-18(16(2)25-24-15)4-5-19(29)26-10-6-21(7-11-26)14-27(12-17(21)13-28)20-22-8-3-9-23-20/h3,8-9,17,28H,4-7,10-14H2,1-2H3,(H,24,25). The summed E-state index contributed by atoms with van der Waals surface area (Å²) in [4.78, 5) is 25.7. The van der Waals surface area contributed by atoms with E-state index in [9.17, 15) is 9.90 Å². The maximum absolute atomic E-state index is 12.8. The van der Waals surface area contributed by atoms with Crippen molar-refractivity contribution >= 4 is 11.9 Å². The van der Waals surface area contributed by atoms with Crippen molar-refractivity contribution < 1.29 is 9.90 Å². The van der Waals surface area contributed by atoms with Gasteiger partial charge in [-0.3, -0.25) is 9.89 Å². The zero-order valence-electron chi connectivity index (χ0n) is 17.3. The number of amides is 1. The zero-order valence-corrected chi connectivity index (χ0v) is 17.3. The first-order valence-corrected chi connectivity index (χ1v) is 10.4. The lowest BCUT2D eigenvalue weighted by molar-refractivity contribution is -0.133. The molecule has 2 aliphatic rings. The van der Waals surface area contributed by atoms with Crippen molar-refractivity contribution in [2.75, 3.05) is 37.7 Å². The first-order valence-electron chi connectivity index (χ1n) is 10.4. The van der Waals surface area contributed by atoms with E-state index < -0.39 is 0 Å². The fourth-order valence-electron chi connectivity index (χ4n) is 4.99. The van der Waals surface area contributed by atoms with Crippen molar-refractivity contribution in [2.45, 2.75) is 39.5 Å². The van der Waals surface area contributed by atoms with E-state index in [2.05, 4.69) is 25.1 Å². The average Bonchev–Trinajstić information content (AvgIpc) is 3.27. The van der Waals surface area contributed by atoms with Gasteiger partial charge in [0.1, 0.15) is 0 Å². The highest BCUT2D eigenvalue weighted by Gasteiger charge is 2.48. The number of aliphatic hydroxyl groups excluding tert-OH is 1. The van der Waals surface area contributed by atoms with Gasteiger partial charge in [0, 0.05) is 63.2 Å². The minimum Gasteiger partial charge on any atom is -0.396 e. The van der Waals surface area contributed by atoms with Crippen LogP contribution >= 0.6 is 0 Å². The van der Waals surface area contributed by atoms with E-state index >= 15 is 0 Å². The maximum Gasteiger partial charge on any atom is 0.225 e. The predicted molar refractivity (Wildman–Crippen MR) is 109 cm³/mol. The Morgan fingerprint density at radius 1 is 1.28 bits per heavy atom. The number of likely N-dealkylation sites (tertiary alicyclic amines) is 1. The molecule has 8 heteroatoms. The first kappa shape index (κ1) is 19.8. The Balaban J connectivity index is 1.36. The molecular formula is C21H30N6O2. The van der Waals surface area contributed by atoms with Gasteiger partial charge >= 0.3 is 0 Å². The lowest BCUT2D eigenvalue weighted by Gasteiger charge is -2.42. The lowest BCUT2D eigenvalue weighted by Crippen LogP contribution is -2.47. The second-order valence-corrected chi connectivity index (χ2v) is 8.46. The molecule has 4 heterocycles. The third-order valence-corrected chi connectivity index (χ3v) is 6.85. The van der Waals surface area contributed by atoms with Crippen LogP contribution in [-0.2, 0) is 11.2 Å². The number of nitrogens with zero attached hydrogens (tertiary/aromatic N) is 5. The Labute approximate surface area is 171 Å². The smallest absolute Gasteiger partial charge is 0.225 e. The van der Waals surface area contributed by atoms with Crippen LogP contribution in [-0.4, -0.2) is 68.9 Å². The first-order chi connectivity index (χ1) is 14.0. The maximum atomic E-state index is 12.8. The summed E-state index contributed by atoms with van der Waals surface area (Å²) in [5.74, 6) is 1.13. The van der Waals surface area contributed by atoms with Crippen molar-refractivity contribution in [1.82, 2.24) is 25.1 Å². The van der Waals surface area contributed by atoms with Gasteiger partial charge in [-0.2, -0.15) is 5.10 Å². The summed E-state index contributed by atoms with van der Waals surface area (Å²) in [5.41, 5.74) is 3.21. The fourth-order valence-corrected chi connectivity index (χ4v) is 4.99. The fraction of sp³-hybridized carbons (Fsp3) is 0.619. The SMILES string of the molecule is Cc1n[nH]c(C)c1CCC(=O)N1CCC2(CC1)CN(c1ncccn1)CC2CO. The van der Waals surface area contributed by atoms with Gasteiger partial charge in [0.25, 0.3) is 0 Å². The van der Waals surface area contributed by atoms with Gasteiger partial charge in [-0.1, -0.05) is 0 Å². The number of hydrogen-bond acceptors (Lipinski definition) is 6. The van der Waals surface area contributed by atoms with Gasteiger partial charge in [-0.15, -0.1) is 0 Å². The number of hydrogen-bond donors (Lipinski definition) is 2. The molecule has 29 heavy (non-hydrogen) atoms. The van der Waals surface area contributed by atoms with Gasteiger partial charge in [-0.25, -0.2) is 9.97 Å². The molecule has 2 N–H and O–H groups in total. The highest BCUT2D eigenvalue weighted by molar-refractivity contribution is 5.76. The molecule has 1 atom stereocenters. The largest absolute Gasteiger partial charge is 0.396 e. The van der Waals surface area contributed by atoms with E-state index in [0.29, 0.717) is 6.42 Å². The summed E-state index contributed by atoms with van der Waals surface area (Å²) in [6.45, 7) is 7.26. The second-order valence-electron chi connectivity index (χ2n) is 8.46. The molecule has 1 amide bonds. The van der Waals surface area contributed by atoms with Crippen molar-refractivity contribution in [2.24, 2.45) is 11.3 Å². The van der Waals surface area contributed by atoms with E-state index in [4.69, 9.17) is 0 Å². The molecule has 0 bridgehead atoms. The number of aromatic nitrogens is 4. The van der Waals surface area contributed by atoms with Crippen molar-refractivity contribution in [1.29, 1.82) is 0 Å². The average molecular weight is 399 g/mol. The summed E-state index contributed by atoms with van der Waals surface area (Å²) in [7, 11) is 0. The quantitative estimate of drug-likeness (QED) is 0.792. The second kappa shape index (κ2) is 8.10. The third kappa shape index (κ3) is 3.85. The minimum absolute atomic E-state index is 0.0302. The van der Waals surface area contributed by atoms with Crippen LogP contribution in [0.25, 0.3) is 0 Å². The normalized spacial score (nSPS) is 21.1. The van der Waals surface area contributed by atoms with Crippen LogP contribution in [0, 0.1) is 25.2 Å². The van der Waals surface area contributed by atoms with E-state index in [1.807, 2.05) is 24.8 Å². The molecule has 1 spiro atoms.